The van der Waals surface area contributed by atoms with E-state index in [4.69, 9.17) is 32.7 Å². The van der Waals surface area contributed by atoms with Gasteiger partial charge in [0.1, 0.15) is 6.61 Å². The van der Waals surface area contributed by atoms with Gasteiger partial charge in [0, 0.05) is 17.6 Å². The Morgan fingerprint density at radius 1 is 1.07 bits per heavy atom. The van der Waals surface area contributed by atoms with Gasteiger partial charge < -0.3 is 14.8 Å². The molecule has 3 rings (SSSR count). The van der Waals surface area contributed by atoms with Crippen LogP contribution in [0.2, 0.25) is 10.0 Å². The number of ether oxygens (including phenoxy) is 2. The average Bonchev–Trinajstić information content (AvgIpc) is 3.17. The summed E-state index contributed by atoms with van der Waals surface area (Å²) in [4.78, 5) is 0. The lowest BCUT2D eigenvalue weighted by atomic mass is 10.2. The largest absolute Gasteiger partial charge is 0.490 e. The zero-order valence-electron chi connectivity index (χ0n) is 16.0. The van der Waals surface area contributed by atoms with Crippen molar-refractivity contribution in [3.05, 3.63) is 56.0 Å². The molecule has 1 N–H and O–H groups in total. The lowest BCUT2D eigenvalue weighted by Crippen LogP contribution is -2.09. The molecule has 1 heterocycles. The summed E-state index contributed by atoms with van der Waals surface area (Å²) in [6, 6.07) is 9.24. The van der Waals surface area contributed by atoms with E-state index in [0.717, 1.165) is 15.6 Å². The smallest absolute Gasteiger partial charge is 0.243 e. The summed E-state index contributed by atoms with van der Waals surface area (Å²) in [7, 11) is 0. The maximum Gasteiger partial charge on any atom is 0.243 e. The number of tetrazole rings is 1. The van der Waals surface area contributed by atoms with Gasteiger partial charge in [-0.3, -0.25) is 0 Å². The highest BCUT2D eigenvalue weighted by atomic mass is 79.9. The van der Waals surface area contributed by atoms with Crippen LogP contribution in [0.25, 0.3) is 0 Å². The predicted octanol–water partition coefficient (Wildman–Crippen LogP) is 5.35. The van der Waals surface area contributed by atoms with Crippen molar-refractivity contribution >= 4 is 45.1 Å². The van der Waals surface area contributed by atoms with Gasteiger partial charge in [-0.1, -0.05) is 50.3 Å². The Morgan fingerprint density at radius 3 is 2.59 bits per heavy atom. The Bertz CT molecular complexity index is 983. The molecule has 0 saturated carbocycles. The highest BCUT2D eigenvalue weighted by Gasteiger charge is 2.13. The number of hydrogen-bond acceptors (Lipinski definition) is 6. The van der Waals surface area contributed by atoms with Crippen LogP contribution in [0, 0.1) is 0 Å². The summed E-state index contributed by atoms with van der Waals surface area (Å²) in [5.41, 5.74) is 1.90. The van der Waals surface area contributed by atoms with Crippen molar-refractivity contribution in [2.75, 3.05) is 11.9 Å². The minimum Gasteiger partial charge on any atom is -0.490 e. The molecular weight excluding hydrogens is 481 g/mol. The van der Waals surface area contributed by atoms with E-state index in [-0.39, 0.29) is 0 Å². The molecule has 0 aliphatic carbocycles. The van der Waals surface area contributed by atoms with Crippen molar-refractivity contribution in [1.29, 1.82) is 0 Å². The van der Waals surface area contributed by atoms with E-state index >= 15 is 0 Å². The van der Waals surface area contributed by atoms with Gasteiger partial charge >= 0.3 is 0 Å². The Hall–Kier alpha value is -2.03. The van der Waals surface area contributed by atoms with Gasteiger partial charge in [-0.05, 0) is 59.7 Å². The number of nitrogens with one attached hydrogen (secondary N) is 1. The number of rotatable bonds is 9. The van der Waals surface area contributed by atoms with Crippen LogP contribution in [0.3, 0.4) is 0 Å². The number of nitrogens with zero attached hydrogens (tertiary/aromatic N) is 4. The van der Waals surface area contributed by atoms with Gasteiger partial charge in [-0.25, -0.2) is 4.68 Å². The van der Waals surface area contributed by atoms with E-state index in [1.165, 1.54) is 0 Å². The second kappa shape index (κ2) is 10.1. The lowest BCUT2D eigenvalue weighted by molar-refractivity contribution is 0.269. The third kappa shape index (κ3) is 5.52. The fourth-order valence-corrected chi connectivity index (χ4v) is 3.39. The average molecular weight is 501 g/mol. The molecule has 0 saturated heterocycles. The maximum absolute atomic E-state index is 6.08. The number of halogens is 3. The van der Waals surface area contributed by atoms with Gasteiger partial charge in [-0.15, -0.1) is 0 Å². The monoisotopic (exact) mass is 499 g/mol. The van der Waals surface area contributed by atoms with E-state index in [1.807, 2.05) is 32.0 Å². The zero-order valence-corrected chi connectivity index (χ0v) is 19.1. The number of anilines is 1. The molecule has 1 aromatic heterocycles. The summed E-state index contributed by atoms with van der Waals surface area (Å²) < 4.78 is 14.3. The first kappa shape index (κ1) is 21.7. The van der Waals surface area contributed by atoms with Crippen LogP contribution < -0.4 is 14.8 Å². The first-order valence-electron chi connectivity index (χ1n) is 9.03. The number of aryl methyl sites for hydroxylation is 1. The molecule has 0 fully saturated rings. The third-order valence-electron chi connectivity index (χ3n) is 4.06. The standard InChI is InChI=1S/C19H20BrCl2N5O2/c1-3-27-19(24-25-26-27)23-10-13-8-17(28-4-2)18(9-14(13)20)29-11-12-5-6-15(21)16(22)7-12/h5-9H,3-4,10-11H2,1-2H3,(H,23,24,26). The van der Waals surface area contributed by atoms with Crippen molar-refractivity contribution < 1.29 is 9.47 Å². The Balaban J connectivity index is 1.75. The molecule has 7 nitrogen and oxygen atoms in total. The fraction of sp³-hybridized carbons (Fsp3) is 0.316. The van der Waals surface area contributed by atoms with E-state index in [0.29, 0.717) is 53.8 Å². The molecule has 0 amide bonds. The van der Waals surface area contributed by atoms with Crippen LogP contribution in [0.1, 0.15) is 25.0 Å². The highest BCUT2D eigenvalue weighted by Crippen LogP contribution is 2.35. The van der Waals surface area contributed by atoms with Crippen molar-refractivity contribution in [1.82, 2.24) is 20.2 Å². The Kier molecular flexibility index (Phi) is 7.57. The summed E-state index contributed by atoms with van der Waals surface area (Å²) in [5.74, 6) is 1.90. The SMILES string of the molecule is CCOc1cc(CNc2nnnn2CC)c(Br)cc1OCc1ccc(Cl)c(Cl)c1. The molecule has 2 aromatic carbocycles. The lowest BCUT2D eigenvalue weighted by Gasteiger charge is -2.16. The molecule has 0 spiro atoms. The van der Waals surface area contributed by atoms with Crippen LogP contribution >= 0.6 is 39.1 Å². The summed E-state index contributed by atoms with van der Waals surface area (Å²) >= 11 is 15.7. The molecule has 0 atom stereocenters. The van der Waals surface area contributed by atoms with Gasteiger partial charge in [0.25, 0.3) is 0 Å². The van der Waals surface area contributed by atoms with Gasteiger partial charge in [0.15, 0.2) is 11.5 Å². The summed E-state index contributed by atoms with van der Waals surface area (Å²) in [6.45, 7) is 5.97. The van der Waals surface area contributed by atoms with E-state index < -0.39 is 0 Å². The van der Waals surface area contributed by atoms with Crippen molar-refractivity contribution in [3.63, 3.8) is 0 Å². The minimum atomic E-state index is 0.340. The second-order valence-corrected chi connectivity index (χ2v) is 7.70. The maximum atomic E-state index is 6.08. The number of hydrogen-bond donors (Lipinski definition) is 1. The summed E-state index contributed by atoms with van der Waals surface area (Å²) in [6.07, 6.45) is 0. The van der Waals surface area contributed by atoms with Crippen LogP contribution in [-0.2, 0) is 19.7 Å². The molecule has 154 valence electrons. The minimum absolute atomic E-state index is 0.340. The fourth-order valence-electron chi connectivity index (χ4n) is 2.60. The van der Waals surface area contributed by atoms with Gasteiger partial charge in [0.05, 0.1) is 16.7 Å². The third-order valence-corrected chi connectivity index (χ3v) is 5.54. The number of benzene rings is 2. The van der Waals surface area contributed by atoms with E-state index in [9.17, 15) is 0 Å². The molecular formula is C19H20BrCl2N5O2. The topological polar surface area (TPSA) is 74.1 Å². The van der Waals surface area contributed by atoms with Crippen molar-refractivity contribution in [2.24, 2.45) is 0 Å². The number of aromatic nitrogens is 4. The molecule has 0 radical (unpaired) electrons. The molecule has 10 heteroatoms. The van der Waals surface area contributed by atoms with E-state index in [1.54, 1.807) is 16.8 Å². The molecule has 0 unspecified atom stereocenters. The first-order chi connectivity index (χ1) is 14.0. The molecule has 0 bridgehead atoms. The first-order valence-corrected chi connectivity index (χ1v) is 10.6. The second-order valence-electron chi connectivity index (χ2n) is 6.03. The van der Waals surface area contributed by atoms with Crippen molar-refractivity contribution in [2.45, 2.75) is 33.5 Å². The summed E-state index contributed by atoms with van der Waals surface area (Å²) in [5, 5.41) is 15.8. The van der Waals surface area contributed by atoms with Crippen LogP contribution in [0.4, 0.5) is 5.95 Å². The molecule has 0 aliphatic rings. The quantitative estimate of drug-likeness (QED) is 0.426. The van der Waals surface area contributed by atoms with Crippen molar-refractivity contribution in [3.8, 4) is 11.5 Å². The Labute approximate surface area is 187 Å². The Morgan fingerprint density at radius 2 is 1.86 bits per heavy atom. The van der Waals surface area contributed by atoms with Crippen LogP contribution in [0.5, 0.6) is 11.5 Å². The zero-order chi connectivity index (χ0) is 20.8. The predicted molar refractivity (Wildman–Crippen MR) is 117 cm³/mol. The van der Waals surface area contributed by atoms with E-state index in [2.05, 4.69) is 36.8 Å². The molecule has 29 heavy (non-hydrogen) atoms. The van der Waals surface area contributed by atoms with Gasteiger partial charge in [0.2, 0.25) is 5.95 Å². The highest BCUT2D eigenvalue weighted by molar-refractivity contribution is 9.10. The molecule has 0 aliphatic heterocycles. The molecule has 3 aromatic rings. The van der Waals surface area contributed by atoms with Gasteiger partial charge in [-0.2, -0.15) is 0 Å². The van der Waals surface area contributed by atoms with Crippen LogP contribution in [-0.4, -0.2) is 26.8 Å². The normalized spacial score (nSPS) is 10.8. The van der Waals surface area contributed by atoms with Crippen LogP contribution in [0.15, 0.2) is 34.8 Å².